The smallest absolute Gasteiger partial charge is 0.261 e. The molecule has 4 nitrogen and oxygen atoms in total. The SMILES string of the molecule is O=S(=O)(Nc1cccc(Cl)c1Cl)c1ccc2c(c1)[C@@H]1C=CC[C@H]1[C@H](c1ccc(Br)cc1)N2. The number of hydrogen-bond donors (Lipinski definition) is 2. The molecule has 3 aromatic rings. The van der Waals surface area contributed by atoms with Crippen molar-refractivity contribution in [1.82, 2.24) is 0 Å². The largest absolute Gasteiger partial charge is 0.378 e. The maximum atomic E-state index is 13.1. The molecule has 0 bridgehead atoms. The van der Waals surface area contributed by atoms with Crippen molar-refractivity contribution in [3.8, 4) is 0 Å². The van der Waals surface area contributed by atoms with E-state index >= 15 is 0 Å². The number of allylic oxidation sites excluding steroid dienone is 2. The molecule has 0 saturated carbocycles. The van der Waals surface area contributed by atoms with Gasteiger partial charge in [-0.3, -0.25) is 4.72 Å². The molecule has 0 radical (unpaired) electrons. The molecule has 0 saturated heterocycles. The minimum Gasteiger partial charge on any atom is -0.378 e. The molecule has 0 fully saturated rings. The number of anilines is 2. The Hall–Kier alpha value is -1.99. The Morgan fingerprint density at radius 1 is 1.03 bits per heavy atom. The van der Waals surface area contributed by atoms with E-state index < -0.39 is 10.0 Å². The van der Waals surface area contributed by atoms with E-state index in [1.165, 1.54) is 5.56 Å². The number of nitrogens with one attached hydrogen (secondary N) is 2. The van der Waals surface area contributed by atoms with Gasteiger partial charge in [0.05, 0.1) is 26.7 Å². The van der Waals surface area contributed by atoms with E-state index in [0.29, 0.717) is 10.9 Å². The monoisotopic (exact) mass is 548 g/mol. The normalized spacial score (nSPS) is 21.5. The van der Waals surface area contributed by atoms with Gasteiger partial charge in [0.15, 0.2) is 0 Å². The topological polar surface area (TPSA) is 58.2 Å². The maximum absolute atomic E-state index is 13.1. The van der Waals surface area contributed by atoms with Crippen LogP contribution in [0.15, 0.2) is 82.2 Å². The fourth-order valence-electron chi connectivity index (χ4n) is 4.53. The Labute approximate surface area is 205 Å². The van der Waals surface area contributed by atoms with Crippen molar-refractivity contribution in [2.75, 3.05) is 10.0 Å². The highest BCUT2D eigenvalue weighted by atomic mass is 79.9. The van der Waals surface area contributed by atoms with Crippen molar-refractivity contribution in [3.63, 3.8) is 0 Å². The minimum absolute atomic E-state index is 0.143. The summed E-state index contributed by atoms with van der Waals surface area (Å²) in [6, 6.07) is 18.6. The van der Waals surface area contributed by atoms with Crippen LogP contribution >= 0.6 is 39.1 Å². The number of sulfonamides is 1. The highest BCUT2D eigenvalue weighted by molar-refractivity contribution is 9.10. The summed E-state index contributed by atoms with van der Waals surface area (Å²) < 4.78 is 29.8. The number of fused-ring (bicyclic) bond motifs is 3. The zero-order valence-corrected chi connectivity index (χ0v) is 20.6. The average Bonchev–Trinajstić information content (AvgIpc) is 3.27. The van der Waals surface area contributed by atoms with Gasteiger partial charge >= 0.3 is 0 Å². The Morgan fingerprint density at radius 2 is 1.81 bits per heavy atom. The first-order valence-corrected chi connectivity index (χ1v) is 13.2. The van der Waals surface area contributed by atoms with E-state index in [1.807, 2.05) is 18.2 Å². The van der Waals surface area contributed by atoms with Crippen molar-refractivity contribution in [1.29, 1.82) is 0 Å². The second-order valence-electron chi connectivity index (χ2n) is 7.98. The van der Waals surface area contributed by atoms with Crippen molar-refractivity contribution in [3.05, 3.63) is 98.5 Å². The number of halogens is 3. The third kappa shape index (κ3) is 3.94. The summed E-state index contributed by atoms with van der Waals surface area (Å²) in [6.45, 7) is 0. The van der Waals surface area contributed by atoms with Crippen LogP contribution in [-0.4, -0.2) is 8.42 Å². The van der Waals surface area contributed by atoms with Crippen molar-refractivity contribution < 1.29 is 8.42 Å². The third-order valence-corrected chi connectivity index (χ3v) is 8.78. The molecular formula is C24H19BrCl2N2O2S. The Morgan fingerprint density at radius 3 is 2.59 bits per heavy atom. The van der Waals surface area contributed by atoms with Crippen LogP contribution in [0.3, 0.4) is 0 Å². The Kier molecular flexibility index (Phi) is 5.74. The Bertz CT molecular complexity index is 1330. The lowest BCUT2D eigenvalue weighted by Crippen LogP contribution is -2.29. The molecule has 2 aliphatic rings. The summed E-state index contributed by atoms with van der Waals surface area (Å²) in [5.74, 6) is 0.460. The molecular weight excluding hydrogens is 531 g/mol. The van der Waals surface area contributed by atoms with E-state index in [4.69, 9.17) is 23.2 Å². The van der Waals surface area contributed by atoms with Crippen molar-refractivity contribution in [2.24, 2.45) is 5.92 Å². The first-order chi connectivity index (χ1) is 15.3. The zero-order chi connectivity index (χ0) is 22.5. The van der Waals surface area contributed by atoms with Crippen LogP contribution in [0.1, 0.15) is 29.5 Å². The van der Waals surface area contributed by atoms with E-state index in [1.54, 1.807) is 30.3 Å². The van der Waals surface area contributed by atoms with E-state index in [0.717, 1.165) is 22.1 Å². The highest BCUT2D eigenvalue weighted by Gasteiger charge is 2.38. The van der Waals surface area contributed by atoms with Crippen LogP contribution in [0, 0.1) is 5.92 Å². The molecule has 164 valence electrons. The lowest BCUT2D eigenvalue weighted by atomic mass is 9.77. The lowest BCUT2D eigenvalue weighted by Gasteiger charge is -2.37. The van der Waals surface area contributed by atoms with Gasteiger partial charge in [-0.1, -0.05) is 69.5 Å². The fraction of sp³-hybridized carbons (Fsp3) is 0.167. The van der Waals surface area contributed by atoms with Crippen LogP contribution in [0.5, 0.6) is 0 Å². The molecule has 2 N–H and O–H groups in total. The van der Waals surface area contributed by atoms with Gasteiger partial charge in [0.25, 0.3) is 10.0 Å². The molecule has 32 heavy (non-hydrogen) atoms. The summed E-state index contributed by atoms with van der Waals surface area (Å²) >= 11 is 15.7. The highest BCUT2D eigenvalue weighted by Crippen LogP contribution is 2.50. The molecule has 5 rings (SSSR count). The van der Waals surface area contributed by atoms with Gasteiger partial charge in [-0.15, -0.1) is 0 Å². The molecule has 1 aliphatic carbocycles. The predicted molar refractivity (Wildman–Crippen MR) is 134 cm³/mol. The van der Waals surface area contributed by atoms with E-state index in [-0.39, 0.29) is 27.6 Å². The van der Waals surface area contributed by atoms with Gasteiger partial charge in [-0.05, 0) is 65.9 Å². The summed E-state index contributed by atoms with van der Waals surface area (Å²) in [5, 5.41) is 4.11. The summed E-state index contributed by atoms with van der Waals surface area (Å²) in [5.41, 5.74) is 3.40. The van der Waals surface area contributed by atoms with Gasteiger partial charge in [-0.25, -0.2) is 8.42 Å². The minimum atomic E-state index is -3.84. The molecule has 3 aromatic carbocycles. The van der Waals surface area contributed by atoms with Gasteiger partial charge in [0, 0.05) is 16.1 Å². The second-order valence-corrected chi connectivity index (χ2v) is 11.4. The fourth-order valence-corrected chi connectivity index (χ4v) is 6.30. The molecule has 1 aliphatic heterocycles. The zero-order valence-electron chi connectivity index (χ0n) is 16.7. The molecule has 0 aromatic heterocycles. The maximum Gasteiger partial charge on any atom is 0.261 e. The molecule has 3 atom stereocenters. The molecule has 0 unspecified atom stereocenters. The summed E-state index contributed by atoms with van der Waals surface area (Å²) in [7, 11) is -3.84. The van der Waals surface area contributed by atoms with Crippen LogP contribution in [-0.2, 0) is 10.0 Å². The molecule has 8 heteroatoms. The van der Waals surface area contributed by atoms with Crippen LogP contribution in [0.2, 0.25) is 10.0 Å². The quantitative estimate of drug-likeness (QED) is 0.334. The van der Waals surface area contributed by atoms with Crippen LogP contribution in [0.25, 0.3) is 0 Å². The standard InChI is InChI=1S/C24H19BrCl2N2O2S/c25-15-9-7-14(8-10-15)24-18-4-1-3-17(18)19-13-16(11-12-21(19)28-24)32(30,31)29-22-6-2-5-20(26)23(22)27/h1-3,5-13,17-18,24,28-29H,4H2/t17-,18-,24+/m1/s1. The lowest BCUT2D eigenvalue weighted by molar-refractivity contribution is 0.425. The third-order valence-electron chi connectivity index (χ3n) is 6.07. The second kappa shape index (κ2) is 8.41. The van der Waals surface area contributed by atoms with E-state index in [9.17, 15) is 8.42 Å². The van der Waals surface area contributed by atoms with Crippen molar-refractivity contribution >= 4 is 60.5 Å². The van der Waals surface area contributed by atoms with Crippen LogP contribution < -0.4 is 10.0 Å². The van der Waals surface area contributed by atoms with Gasteiger partial charge in [-0.2, -0.15) is 0 Å². The number of benzene rings is 3. The summed E-state index contributed by atoms with van der Waals surface area (Å²) in [6.07, 6.45) is 5.31. The van der Waals surface area contributed by atoms with Crippen LogP contribution in [0.4, 0.5) is 11.4 Å². The first kappa shape index (κ1) is 21.8. The van der Waals surface area contributed by atoms with Gasteiger partial charge in [0.1, 0.15) is 0 Å². The number of rotatable bonds is 4. The molecule has 0 amide bonds. The summed E-state index contributed by atoms with van der Waals surface area (Å²) in [4.78, 5) is 0.190. The van der Waals surface area contributed by atoms with Gasteiger partial charge < -0.3 is 5.32 Å². The predicted octanol–water partition coefficient (Wildman–Crippen LogP) is 7.38. The first-order valence-electron chi connectivity index (χ1n) is 10.1. The van der Waals surface area contributed by atoms with Gasteiger partial charge in [0.2, 0.25) is 0 Å². The molecule has 1 heterocycles. The van der Waals surface area contributed by atoms with E-state index in [2.05, 4.69) is 50.3 Å². The Balaban J connectivity index is 1.49. The average molecular weight is 550 g/mol. The molecule has 0 spiro atoms. The van der Waals surface area contributed by atoms with Crippen molar-refractivity contribution in [2.45, 2.75) is 23.3 Å². The number of hydrogen-bond acceptors (Lipinski definition) is 3.